The molecule has 0 N–H and O–H groups in total. The van der Waals surface area contributed by atoms with Crippen LogP contribution in [0.25, 0.3) is 0 Å². The highest BCUT2D eigenvalue weighted by Crippen LogP contribution is 2.47. The van der Waals surface area contributed by atoms with Crippen molar-refractivity contribution in [1.29, 1.82) is 0 Å². The Kier molecular flexibility index (Phi) is 4.15. The Morgan fingerprint density at radius 2 is 1.87 bits per heavy atom. The standard InChI is InChI=1S/C22H28Si/c1-23(21-8-4-2-5-9-21,22-10-6-3-7-11-22)15-14-20-17-18-12-13-19(20)16-18/h2-10,12-13,18-20,22H,11,14-17H2,1H3. The molecule has 0 saturated heterocycles. The first-order chi connectivity index (χ1) is 11.3. The van der Waals surface area contributed by atoms with E-state index in [4.69, 9.17) is 0 Å². The topological polar surface area (TPSA) is 0 Å². The summed E-state index contributed by atoms with van der Waals surface area (Å²) in [5, 5.41) is 1.66. The van der Waals surface area contributed by atoms with Gasteiger partial charge in [0.05, 0.1) is 8.07 Å². The lowest BCUT2D eigenvalue weighted by atomic mass is 9.91. The van der Waals surface area contributed by atoms with Crippen molar-refractivity contribution in [3.8, 4) is 0 Å². The minimum Gasteiger partial charge on any atom is -0.0851 e. The molecule has 0 amide bonds. The first-order valence-electron chi connectivity index (χ1n) is 9.33. The van der Waals surface area contributed by atoms with Gasteiger partial charge in [0.2, 0.25) is 0 Å². The van der Waals surface area contributed by atoms with E-state index >= 15 is 0 Å². The van der Waals surface area contributed by atoms with Crippen molar-refractivity contribution in [2.75, 3.05) is 0 Å². The Bertz CT molecular complexity index is 627. The Morgan fingerprint density at radius 1 is 1.00 bits per heavy atom. The molecule has 0 radical (unpaired) electrons. The zero-order valence-electron chi connectivity index (χ0n) is 14.2. The molecule has 23 heavy (non-hydrogen) atoms. The van der Waals surface area contributed by atoms with Crippen molar-refractivity contribution in [1.82, 2.24) is 0 Å². The third-order valence-corrected chi connectivity index (χ3v) is 11.7. The first-order valence-corrected chi connectivity index (χ1v) is 12.1. The molecule has 3 aliphatic rings. The molecule has 5 atom stereocenters. The number of allylic oxidation sites excluding steroid dienone is 6. The molecule has 1 aromatic carbocycles. The van der Waals surface area contributed by atoms with Crippen molar-refractivity contribution in [3.63, 3.8) is 0 Å². The van der Waals surface area contributed by atoms with Gasteiger partial charge in [-0.3, -0.25) is 0 Å². The summed E-state index contributed by atoms with van der Waals surface area (Å²) >= 11 is 0. The molecule has 4 rings (SSSR count). The van der Waals surface area contributed by atoms with Crippen LogP contribution in [-0.2, 0) is 0 Å². The van der Waals surface area contributed by atoms with E-state index in [0.717, 1.165) is 23.3 Å². The van der Waals surface area contributed by atoms with Crippen molar-refractivity contribution >= 4 is 13.3 Å². The smallest absolute Gasteiger partial charge is 0.0851 e. The second-order valence-corrected chi connectivity index (χ2v) is 12.7. The monoisotopic (exact) mass is 320 g/mol. The van der Waals surface area contributed by atoms with Gasteiger partial charge in [0, 0.05) is 0 Å². The van der Waals surface area contributed by atoms with E-state index in [1.807, 2.05) is 0 Å². The van der Waals surface area contributed by atoms with Crippen LogP contribution in [-0.4, -0.2) is 8.07 Å². The molecule has 2 bridgehead atoms. The van der Waals surface area contributed by atoms with E-state index in [2.05, 4.69) is 73.3 Å². The summed E-state index contributed by atoms with van der Waals surface area (Å²) in [7, 11) is -1.48. The summed E-state index contributed by atoms with van der Waals surface area (Å²) < 4.78 is 0. The number of benzene rings is 1. The molecule has 1 aromatic rings. The zero-order chi connectivity index (χ0) is 15.7. The molecule has 5 unspecified atom stereocenters. The van der Waals surface area contributed by atoms with Crippen LogP contribution in [0.4, 0.5) is 0 Å². The minimum atomic E-state index is -1.48. The van der Waals surface area contributed by atoms with Gasteiger partial charge in [0.1, 0.15) is 0 Å². The fraction of sp³-hybridized carbons (Fsp3) is 0.455. The summed E-state index contributed by atoms with van der Waals surface area (Å²) in [4.78, 5) is 0. The van der Waals surface area contributed by atoms with Crippen molar-refractivity contribution in [3.05, 3.63) is 66.8 Å². The van der Waals surface area contributed by atoms with Gasteiger partial charge in [0.15, 0.2) is 0 Å². The van der Waals surface area contributed by atoms with Gasteiger partial charge >= 0.3 is 0 Å². The van der Waals surface area contributed by atoms with E-state index in [1.165, 1.54) is 31.7 Å². The fourth-order valence-corrected chi connectivity index (χ4v) is 9.33. The highest BCUT2D eigenvalue weighted by atomic mass is 28.3. The summed E-state index contributed by atoms with van der Waals surface area (Å²) in [5.41, 5.74) is 0.768. The molecular weight excluding hydrogens is 292 g/mol. The van der Waals surface area contributed by atoms with Crippen LogP contribution in [0.15, 0.2) is 66.8 Å². The molecule has 120 valence electrons. The van der Waals surface area contributed by atoms with E-state index in [0.29, 0.717) is 0 Å². The molecule has 1 saturated carbocycles. The van der Waals surface area contributed by atoms with Crippen molar-refractivity contribution in [2.45, 2.75) is 43.8 Å². The van der Waals surface area contributed by atoms with Crippen LogP contribution < -0.4 is 5.19 Å². The van der Waals surface area contributed by atoms with E-state index in [-0.39, 0.29) is 0 Å². The van der Waals surface area contributed by atoms with Gasteiger partial charge in [0.25, 0.3) is 0 Å². The lowest BCUT2D eigenvalue weighted by molar-refractivity contribution is 0.432. The van der Waals surface area contributed by atoms with Crippen LogP contribution in [0.5, 0.6) is 0 Å². The Hall–Kier alpha value is -1.34. The molecular formula is C22H28Si. The van der Waals surface area contributed by atoms with Crippen LogP contribution in [0.1, 0.15) is 25.7 Å². The Balaban J connectivity index is 1.54. The third-order valence-electron chi connectivity index (χ3n) is 6.68. The quantitative estimate of drug-likeness (QED) is 0.499. The van der Waals surface area contributed by atoms with Gasteiger partial charge in [-0.25, -0.2) is 0 Å². The van der Waals surface area contributed by atoms with E-state index < -0.39 is 8.07 Å². The van der Waals surface area contributed by atoms with Gasteiger partial charge in [-0.15, -0.1) is 0 Å². The number of hydrogen-bond donors (Lipinski definition) is 0. The average molecular weight is 321 g/mol. The maximum atomic E-state index is 2.64. The van der Waals surface area contributed by atoms with E-state index in [9.17, 15) is 0 Å². The average Bonchev–Trinajstić information content (AvgIpc) is 3.24. The van der Waals surface area contributed by atoms with Crippen molar-refractivity contribution in [2.24, 2.45) is 17.8 Å². The molecule has 0 heterocycles. The molecule has 0 aromatic heterocycles. The van der Waals surface area contributed by atoms with Gasteiger partial charge < -0.3 is 0 Å². The predicted molar refractivity (Wildman–Crippen MR) is 103 cm³/mol. The molecule has 1 heteroatoms. The van der Waals surface area contributed by atoms with Gasteiger partial charge in [-0.2, -0.15) is 0 Å². The van der Waals surface area contributed by atoms with Crippen LogP contribution in [0.3, 0.4) is 0 Å². The molecule has 0 nitrogen and oxygen atoms in total. The van der Waals surface area contributed by atoms with Crippen molar-refractivity contribution < 1.29 is 0 Å². The minimum absolute atomic E-state index is 0.768. The van der Waals surface area contributed by atoms with E-state index in [1.54, 1.807) is 5.19 Å². The summed E-state index contributed by atoms with van der Waals surface area (Å²) in [6.07, 6.45) is 20.0. The Morgan fingerprint density at radius 3 is 2.52 bits per heavy atom. The SMILES string of the molecule is C[Si](CCC1CC2C=CC1C2)(c1ccccc1)C1C=CC=CC1. The number of hydrogen-bond acceptors (Lipinski definition) is 0. The highest BCUT2D eigenvalue weighted by molar-refractivity contribution is 6.92. The predicted octanol–water partition coefficient (Wildman–Crippen LogP) is 5.46. The molecule has 0 spiro atoms. The normalized spacial score (nSPS) is 34.0. The first kappa shape index (κ1) is 15.2. The maximum Gasteiger partial charge on any atom is 0.0907 e. The molecule has 3 aliphatic carbocycles. The maximum absolute atomic E-state index is 2.64. The van der Waals surface area contributed by atoms with Crippen LogP contribution in [0.2, 0.25) is 18.1 Å². The third kappa shape index (κ3) is 2.92. The second-order valence-electron chi connectivity index (χ2n) is 8.02. The largest absolute Gasteiger partial charge is 0.0907 e. The molecule has 1 fully saturated rings. The summed E-state index contributed by atoms with van der Waals surface area (Å²) in [6, 6.07) is 12.9. The summed E-state index contributed by atoms with van der Waals surface area (Å²) in [5.74, 6) is 2.77. The Labute approximate surface area is 142 Å². The van der Waals surface area contributed by atoms with Crippen LogP contribution >= 0.6 is 0 Å². The number of rotatable bonds is 5. The second kappa shape index (κ2) is 6.28. The highest BCUT2D eigenvalue weighted by Gasteiger charge is 2.40. The van der Waals surface area contributed by atoms with Gasteiger partial charge in [-0.05, 0) is 42.6 Å². The molecule has 0 aliphatic heterocycles. The lowest BCUT2D eigenvalue weighted by Crippen LogP contribution is -2.48. The lowest BCUT2D eigenvalue weighted by Gasteiger charge is -2.37. The van der Waals surface area contributed by atoms with Crippen LogP contribution in [0, 0.1) is 17.8 Å². The number of fused-ring (bicyclic) bond motifs is 2. The zero-order valence-corrected chi connectivity index (χ0v) is 15.2. The summed E-state index contributed by atoms with van der Waals surface area (Å²) in [6.45, 7) is 2.64. The fourth-order valence-electron chi connectivity index (χ4n) is 5.13. The van der Waals surface area contributed by atoms with Gasteiger partial charge in [-0.1, -0.05) is 91.0 Å².